The molecule has 1 saturated heterocycles. The Morgan fingerprint density at radius 2 is 1.82 bits per heavy atom. The lowest BCUT2D eigenvalue weighted by Gasteiger charge is -2.36. The van der Waals surface area contributed by atoms with Gasteiger partial charge in [-0.1, -0.05) is 29.8 Å². The quantitative estimate of drug-likeness (QED) is 0.832. The highest BCUT2D eigenvalue weighted by Crippen LogP contribution is 2.41. The first-order valence-electron chi connectivity index (χ1n) is 9.34. The summed E-state index contributed by atoms with van der Waals surface area (Å²) >= 11 is 0. The summed E-state index contributed by atoms with van der Waals surface area (Å²) in [5.41, 5.74) is 1.64. The van der Waals surface area contributed by atoms with Gasteiger partial charge in [-0.25, -0.2) is 17.2 Å². The fraction of sp³-hybridized carbons (Fsp3) is 0.400. The monoisotopic (exact) mass is 407 g/mol. The van der Waals surface area contributed by atoms with E-state index < -0.39 is 16.4 Å². The van der Waals surface area contributed by atoms with E-state index in [4.69, 9.17) is 0 Å². The molecule has 0 aromatic heterocycles. The number of fused-ring (bicyclic) bond motifs is 1. The molecule has 0 amide bonds. The Morgan fingerprint density at radius 1 is 1.14 bits per heavy atom. The van der Waals surface area contributed by atoms with Crippen molar-refractivity contribution in [2.24, 2.45) is 0 Å². The molecule has 8 heteroatoms. The molecule has 28 heavy (non-hydrogen) atoms. The molecule has 1 aliphatic carbocycles. The van der Waals surface area contributed by atoms with Crippen molar-refractivity contribution in [1.29, 1.82) is 0 Å². The van der Waals surface area contributed by atoms with E-state index in [1.165, 1.54) is 12.1 Å². The Balaban J connectivity index is 1.73. The molecule has 0 bridgehead atoms. The minimum absolute atomic E-state index is 0.102. The fourth-order valence-corrected chi connectivity index (χ4v) is 5.45. The Hall–Kier alpha value is -2.03. The number of allylic oxidation sites excluding steroid dienone is 2. The first-order chi connectivity index (χ1) is 13.4. The van der Waals surface area contributed by atoms with Crippen LogP contribution in [0.1, 0.15) is 5.56 Å². The minimum Gasteiger partial charge on any atom is -0.314 e. The normalized spacial score (nSPS) is 23.4. The molecule has 5 nitrogen and oxygen atoms in total. The third-order valence-electron chi connectivity index (χ3n) is 5.47. The molecule has 2 heterocycles. The second-order valence-corrected chi connectivity index (χ2v) is 9.09. The molecule has 1 aromatic carbocycles. The highest BCUT2D eigenvalue weighted by atomic mass is 32.2. The summed E-state index contributed by atoms with van der Waals surface area (Å²) in [6.45, 7) is 4.59. The van der Waals surface area contributed by atoms with Gasteiger partial charge in [0.15, 0.2) is 0 Å². The van der Waals surface area contributed by atoms with Crippen LogP contribution in [0.2, 0.25) is 0 Å². The van der Waals surface area contributed by atoms with Crippen molar-refractivity contribution in [3.63, 3.8) is 0 Å². The molecular weight excluding hydrogens is 384 g/mol. The van der Waals surface area contributed by atoms with E-state index in [0.29, 0.717) is 11.3 Å². The Morgan fingerprint density at radius 3 is 2.46 bits per heavy atom. The average Bonchev–Trinajstić information content (AvgIpc) is 3.10. The van der Waals surface area contributed by atoms with Crippen molar-refractivity contribution in [1.82, 2.24) is 14.5 Å². The number of alkyl halides is 2. The lowest BCUT2D eigenvalue weighted by Crippen LogP contribution is -2.49. The van der Waals surface area contributed by atoms with Gasteiger partial charge in [0.1, 0.15) is 0 Å². The predicted molar refractivity (Wildman–Crippen MR) is 104 cm³/mol. The first kappa shape index (κ1) is 19.3. The molecule has 0 spiro atoms. The number of aryl methyl sites for hydroxylation is 1. The average molecular weight is 407 g/mol. The Bertz CT molecular complexity index is 946. The molecular formula is C20H23F2N3O2S. The maximum Gasteiger partial charge on any atom is 0.264 e. The molecule has 150 valence electrons. The van der Waals surface area contributed by atoms with Crippen LogP contribution >= 0.6 is 0 Å². The molecule has 3 aliphatic rings. The van der Waals surface area contributed by atoms with Gasteiger partial charge < -0.3 is 5.32 Å². The lowest BCUT2D eigenvalue weighted by atomic mass is 9.94. The van der Waals surface area contributed by atoms with Gasteiger partial charge in [0, 0.05) is 37.3 Å². The maximum absolute atomic E-state index is 13.9. The molecule has 1 fully saturated rings. The first-order valence-corrected chi connectivity index (χ1v) is 10.8. The van der Waals surface area contributed by atoms with Crippen molar-refractivity contribution in [2.75, 3.05) is 32.7 Å². The summed E-state index contributed by atoms with van der Waals surface area (Å²) in [5.74, 6) is 0. The second-order valence-electron chi connectivity index (χ2n) is 7.23. The van der Waals surface area contributed by atoms with E-state index in [0.717, 1.165) is 36.0 Å². The number of nitrogens with one attached hydrogen (secondary N) is 1. The summed E-state index contributed by atoms with van der Waals surface area (Å²) in [4.78, 5) is 2.24. The highest BCUT2D eigenvalue weighted by Gasteiger charge is 2.42. The highest BCUT2D eigenvalue weighted by molar-refractivity contribution is 7.89. The molecule has 4 rings (SSSR count). The minimum atomic E-state index is -3.92. The number of benzene rings is 1. The number of hydrogen-bond donors (Lipinski definition) is 1. The number of sulfonamides is 1. The van der Waals surface area contributed by atoms with Gasteiger partial charge in [0.25, 0.3) is 16.4 Å². The van der Waals surface area contributed by atoms with E-state index >= 15 is 0 Å². The van der Waals surface area contributed by atoms with Crippen LogP contribution in [0.5, 0.6) is 0 Å². The lowest BCUT2D eigenvalue weighted by molar-refractivity contribution is 0.181. The van der Waals surface area contributed by atoms with E-state index in [9.17, 15) is 17.2 Å². The van der Waals surface area contributed by atoms with Crippen LogP contribution in [-0.2, 0) is 10.0 Å². The SMILES string of the molecule is Cc1ccc(S(=O)(=O)N2CC(C(F)F)=C3C2=CC=CC3N2CCNCC2)cc1. The van der Waals surface area contributed by atoms with Crippen molar-refractivity contribution >= 4 is 10.0 Å². The number of rotatable bonds is 4. The van der Waals surface area contributed by atoms with Gasteiger partial charge in [-0.05, 0) is 25.1 Å². The maximum atomic E-state index is 13.9. The van der Waals surface area contributed by atoms with Crippen LogP contribution in [0, 0.1) is 6.92 Å². The zero-order valence-corrected chi connectivity index (χ0v) is 16.4. The van der Waals surface area contributed by atoms with E-state index in [1.807, 2.05) is 13.0 Å². The number of piperazine rings is 1. The summed E-state index contributed by atoms with van der Waals surface area (Å²) in [5, 5.41) is 3.26. The van der Waals surface area contributed by atoms with Crippen molar-refractivity contribution < 1.29 is 17.2 Å². The van der Waals surface area contributed by atoms with E-state index in [-0.39, 0.29) is 23.1 Å². The standard InChI is InChI=1S/C20H23F2N3O2S/c1-14-5-7-15(8-6-14)28(26,27)25-13-16(20(21)22)19-17(3-2-4-18(19)25)24-11-9-23-10-12-24/h2-8,17,20,23H,9-13H2,1H3. The van der Waals surface area contributed by atoms with E-state index in [1.54, 1.807) is 24.3 Å². The van der Waals surface area contributed by atoms with Crippen LogP contribution in [-0.4, -0.2) is 62.8 Å². The van der Waals surface area contributed by atoms with Gasteiger partial charge in [-0.2, -0.15) is 0 Å². The van der Waals surface area contributed by atoms with Gasteiger partial charge in [0.05, 0.1) is 23.2 Å². The second kappa shape index (κ2) is 7.42. The van der Waals surface area contributed by atoms with Crippen LogP contribution in [0.4, 0.5) is 8.78 Å². The van der Waals surface area contributed by atoms with Crippen molar-refractivity contribution in [3.8, 4) is 0 Å². The number of hydrogen-bond acceptors (Lipinski definition) is 4. The van der Waals surface area contributed by atoms with E-state index in [2.05, 4.69) is 10.2 Å². The molecule has 0 saturated carbocycles. The number of halogens is 2. The smallest absolute Gasteiger partial charge is 0.264 e. The third-order valence-corrected chi connectivity index (χ3v) is 7.24. The van der Waals surface area contributed by atoms with Crippen molar-refractivity contribution in [2.45, 2.75) is 24.3 Å². The number of nitrogens with zero attached hydrogens (tertiary/aromatic N) is 2. The van der Waals surface area contributed by atoms with Gasteiger partial charge in [0.2, 0.25) is 0 Å². The van der Waals surface area contributed by atoms with Gasteiger partial charge in [-0.15, -0.1) is 0 Å². The molecule has 0 radical (unpaired) electrons. The van der Waals surface area contributed by atoms with Crippen LogP contribution in [0.25, 0.3) is 0 Å². The molecule has 1 atom stereocenters. The molecule has 1 N–H and O–H groups in total. The molecule has 1 aromatic rings. The topological polar surface area (TPSA) is 52.7 Å². The predicted octanol–water partition coefficient (Wildman–Crippen LogP) is 2.29. The van der Waals surface area contributed by atoms with Gasteiger partial charge in [-0.3, -0.25) is 9.21 Å². The zero-order chi connectivity index (χ0) is 19.9. The summed E-state index contributed by atoms with van der Waals surface area (Å²) in [7, 11) is -3.92. The van der Waals surface area contributed by atoms with Crippen LogP contribution in [0.3, 0.4) is 0 Å². The molecule has 2 aliphatic heterocycles. The largest absolute Gasteiger partial charge is 0.314 e. The fourth-order valence-electron chi connectivity index (χ4n) is 3.99. The third kappa shape index (κ3) is 3.29. The zero-order valence-electron chi connectivity index (χ0n) is 15.6. The summed E-state index contributed by atoms with van der Waals surface area (Å²) in [6, 6.07) is 6.15. The van der Waals surface area contributed by atoms with Crippen molar-refractivity contribution in [3.05, 3.63) is 64.9 Å². The summed E-state index contributed by atoms with van der Waals surface area (Å²) in [6.07, 6.45) is 2.59. The van der Waals surface area contributed by atoms with Crippen LogP contribution < -0.4 is 5.32 Å². The Labute approximate surface area is 164 Å². The van der Waals surface area contributed by atoms with Gasteiger partial charge >= 0.3 is 0 Å². The van der Waals surface area contributed by atoms with Crippen LogP contribution in [0.15, 0.2) is 64.2 Å². The Kier molecular flexibility index (Phi) is 5.11. The molecule has 1 unspecified atom stereocenters. The summed E-state index contributed by atoms with van der Waals surface area (Å²) < 4.78 is 55.4.